The van der Waals surface area contributed by atoms with Gasteiger partial charge in [-0.2, -0.15) is 18.3 Å². The van der Waals surface area contributed by atoms with Gasteiger partial charge in [-0.05, 0) is 36.9 Å². The van der Waals surface area contributed by atoms with E-state index in [0.717, 1.165) is 16.5 Å². The predicted octanol–water partition coefficient (Wildman–Crippen LogP) is 4.98. The van der Waals surface area contributed by atoms with Crippen LogP contribution in [0.15, 0.2) is 53.6 Å². The number of aromatic nitrogens is 3. The van der Waals surface area contributed by atoms with Gasteiger partial charge in [-0.1, -0.05) is 24.3 Å². The van der Waals surface area contributed by atoms with Gasteiger partial charge in [-0.15, -0.1) is 11.8 Å². The van der Waals surface area contributed by atoms with Crippen molar-refractivity contribution in [3.05, 3.63) is 59.9 Å². The van der Waals surface area contributed by atoms with Crippen molar-refractivity contribution in [2.24, 2.45) is 0 Å². The summed E-state index contributed by atoms with van der Waals surface area (Å²) in [4.78, 5) is 5.17. The van der Waals surface area contributed by atoms with E-state index < -0.39 is 11.9 Å². The zero-order valence-electron chi connectivity index (χ0n) is 13.0. The van der Waals surface area contributed by atoms with E-state index in [1.807, 2.05) is 31.4 Å². The van der Waals surface area contributed by atoms with E-state index in [-0.39, 0.29) is 0 Å². The standard InChI is InChI=1S/C17H14F3N3S/c1-11-5-3-4-6-13(11)14-9-15(17(18,19)20)22-23(14)16-8-7-12(24-2)10-21-16/h3-10H,1-2H3. The minimum atomic E-state index is -4.51. The van der Waals surface area contributed by atoms with Gasteiger partial charge in [0.2, 0.25) is 0 Å². The fourth-order valence-electron chi connectivity index (χ4n) is 2.36. The van der Waals surface area contributed by atoms with E-state index in [9.17, 15) is 13.2 Å². The van der Waals surface area contributed by atoms with Crippen molar-refractivity contribution in [3.63, 3.8) is 0 Å². The number of hydrogen-bond donors (Lipinski definition) is 0. The maximum atomic E-state index is 13.1. The first-order valence-corrected chi connectivity index (χ1v) is 8.36. The fourth-order valence-corrected chi connectivity index (χ4v) is 2.73. The first kappa shape index (κ1) is 16.6. The van der Waals surface area contributed by atoms with Crippen LogP contribution in [0.3, 0.4) is 0 Å². The number of aryl methyl sites for hydroxylation is 1. The fraction of sp³-hybridized carbons (Fsp3) is 0.176. The Kier molecular flexibility index (Phi) is 4.36. The lowest BCUT2D eigenvalue weighted by Crippen LogP contribution is -2.08. The highest BCUT2D eigenvalue weighted by molar-refractivity contribution is 7.98. The third-order valence-corrected chi connectivity index (χ3v) is 4.31. The number of halogens is 3. The van der Waals surface area contributed by atoms with E-state index >= 15 is 0 Å². The number of rotatable bonds is 3. The molecular weight excluding hydrogens is 335 g/mol. The van der Waals surface area contributed by atoms with Crippen molar-refractivity contribution < 1.29 is 13.2 Å². The van der Waals surface area contributed by atoms with E-state index in [1.54, 1.807) is 24.4 Å². The van der Waals surface area contributed by atoms with E-state index in [2.05, 4.69) is 10.1 Å². The van der Waals surface area contributed by atoms with Crippen LogP contribution >= 0.6 is 11.8 Å². The van der Waals surface area contributed by atoms with E-state index in [4.69, 9.17) is 0 Å². The number of benzene rings is 1. The van der Waals surface area contributed by atoms with Gasteiger partial charge in [0.25, 0.3) is 0 Å². The van der Waals surface area contributed by atoms with Crippen LogP contribution in [0.2, 0.25) is 0 Å². The SMILES string of the molecule is CSc1ccc(-n2nc(C(F)(F)F)cc2-c2ccccc2C)nc1. The molecule has 0 saturated carbocycles. The Morgan fingerprint density at radius 1 is 1.08 bits per heavy atom. The zero-order chi connectivity index (χ0) is 17.3. The molecule has 0 spiro atoms. The molecule has 0 aliphatic carbocycles. The second-order valence-electron chi connectivity index (χ2n) is 5.20. The quantitative estimate of drug-likeness (QED) is 0.625. The van der Waals surface area contributed by atoms with Crippen LogP contribution < -0.4 is 0 Å². The summed E-state index contributed by atoms with van der Waals surface area (Å²) in [7, 11) is 0. The van der Waals surface area contributed by atoms with Gasteiger partial charge in [0, 0.05) is 16.7 Å². The minimum Gasteiger partial charge on any atom is -0.236 e. The van der Waals surface area contributed by atoms with Crippen molar-refractivity contribution in [2.75, 3.05) is 6.26 Å². The number of pyridine rings is 1. The molecule has 0 amide bonds. The van der Waals surface area contributed by atoms with Crippen molar-refractivity contribution in [1.82, 2.24) is 14.8 Å². The zero-order valence-corrected chi connectivity index (χ0v) is 13.8. The Labute approximate surface area is 141 Å². The van der Waals surface area contributed by atoms with Gasteiger partial charge in [-0.3, -0.25) is 0 Å². The van der Waals surface area contributed by atoms with Crippen molar-refractivity contribution in [1.29, 1.82) is 0 Å². The Morgan fingerprint density at radius 3 is 2.42 bits per heavy atom. The molecule has 2 aromatic heterocycles. The minimum absolute atomic E-state index is 0.349. The third-order valence-electron chi connectivity index (χ3n) is 3.59. The van der Waals surface area contributed by atoms with Gasteiger partial charge in [-0.25, -0.2) is 9.67 Å². The number of hydrogen-bond acceptors (Lipinski definition) is 3. The second kappa shape index (κ2) is 6.32. The second-order valence-corrected chi connectivity index (χ2v) is 6.08. The lowest BCUT2D eigenvalue weighted by atomic mass is 10.1. The summed E-state index contributed by atoms with van der Waals surface area (Å²) in [6.45, 7) is 1.85. The van der Waals surface area contributed by atoms with Crippen molar-refractivity contribution in [2.45, 2.75) is 18.0 Å². The molecule has 0 saturated heterocycles. The highest BCUT2D eigenvalue weighted by Gasteiger charge is 2.35. The molecule has 3 nitrogen and oxygen atoms in total. The van der Waals surface area contributed by atoms with Crippen LogP contribution in [-0.2, 0) is 6.18 Å². The van der Waals surface area contributed by atoms with Crippen LogP contribution in [0.1, 0.15) is 11.3 Å². The van der Waals surface area contributed by atoms with E-state index in [0.29, 0.717) is 17.1 Å². The largest absolute Gasteiger partial charge is 0.435 e. The molecule has 0 atom stereocenters. The highest BCUT2D eigenvalue weighted by Crippen LogP contribution is 2.34. The molecule has 0 radical (unpaired) electrons. The molecule has 0 fully saturated rings. The van der Waals surface area contributed by atoms with Gasteiger partial charge >= 0.3 is 6.18 Å². The Balaban J connectivity index is 2.20. The lowest BCUT2D eigenvalue weighted by Gasteiger charge is -2.09. The Morgan fingerprint density at radius 2 is 1.83 bits per heavy atom. The smallest absolute Gasteiger partial charge is 0.236 e. The highest BCUT2D eigenvalue weighted by atomic mass is 32.2. The summed E-state index contributed by atoms with van der Waals surface area (Å²) in [6, 6.07) is 11.8. The lowest BCUT2D eigenvalue weighted by molar-refractivity contribution is -0.141. The molecule has 24 heavy (non-hydrogen) atoms. The Bertz CT molecular complexity index is 854. The summed E-state index contributed by atoms with van der Waals surface area (Å²) in [5.74, 6) is 0.349. The average molecular weight is 349 g/mol. The maximum Gasteiger partial charge on any atom is 0.435 e. The molecule has 3 aromatic rings. The molecule has 7 heteroatoms. The van der Waals surface area contributed by atoms with Gasteiger partial charge in [0.1, 0.15) is 0 Å². The van der Waals surface area contributed by atoms with Crippen LogP contribution in [0.25, 0.3) is 17.1 Å². The molecular formula is C17H14F3N3S. The number of nitrogens with zero attached hydrogens (tertiary/aromatic N) is 3. The maximum absolute atomic E-state index is 13.1. The summed E-state index contributed by atoms with van der Waals surface area (Å²) in [5, 5.41) is 3.75. The molecule has 0 unspecified atom stereocenters. The van der Waals surface area contributed by atoms with Crippen LogP contribution in [0, 0.1) is 6.92 Å². The van der Waals surface area contributed by atoms with Gasteiger partial charge in [0.15, 0.2) is 11.5 Å². The third kappa shape index (κ3) is 3.17. The molecule has 3 rings (SSSR count). The van der Waals surface area contributed by atoms with Crippen molar-refractivity contribution in [3.8, 4) is 17.1 Å². The molecule has 1 aromatic carbocycles. The van der Waals surface area contributed by atoms with Crippen LogP contribution in [0.4, 0.5) is 13.2 Å². The molecule has 0 bridgehead atoms. The molecule has 124 valence electrons. The van der Waals surface area contributed by atoms with Gasteiger partial charge < -0.3 is 0 Å². The van der Waals surface area contributed by atoms with E-state index in [1.165, 1.54) is 16.4 Å². The topological polar surface area (TPSA) is 30.7 Å². The number of alkyl halides is 3. The average Bonchev–Trinajstić information content (AvgIpc) is 3.01. The summed E-state index contributed by atoms with van der Waals surface area (Å²) in [5.41, 5.74) is 0.991. The van der Waals surface area contributed by atoms with Crippen LogP contribution in [-0.4, -0.2) is 21.0 Å². The molecule has 0 N–H and O–H groups in total. The first-order chi connectivity index (χ1) is 11.4. The van der Waals surface area contributed by atoms with Crippen molar-refractivity contribution >= 4 is 11.8 Å². The Hall–Kier alpha value is -2.28. The number of thioether (sulfide) groups is 1. The summed E-state index contributed by atoms with van der Waals surface area (Å²) >= 11 is 1.51. The molecule has 0 aliphatic heterocycles. The predicted molar refractivity (Wildman–Crippen MR) is 88.3 cm³/mol. The monoisotopic (exact) mass is 349 g/mol. The molecule has 0 aliphatic rings. The first-order valence-electron chi connectivity index (χ1n) is 7.14. The summed E-state index contributed by atoms with van der Waals surface area (Å²) in [6.07, 6.45) is -0.983. The van der Waals surface area contributed by atoms with Gasteiger partial charge in [0.05, 0.1) is 5.69 Å². The summed E-state index contributed by atoms with van der Waals surface area (Å²) < 4.78 is 40.6. The van der Waals surface area contributed by atoms with Crippen LogP contribution in [0.5, 0.6) is 0 Å². The normalized spacial score (nSPS) is 11.7. The molecule has 2 heterocycles.